The predicted molar refractivity (Wildman–Crippen MR) is 125 cm³/mol. The summed E-state index contributed by atoms with van der Waals surface area (Å²) in [5.41, 5.74) is 2.20. The average Bonchev–Trinajstić information content (AvgIpc) is 3.47. The van der Waals surface area contributed by atoms with Crippen LogP contribution in [-0.2, 0) is 22.5 Å². The van der Waals surface area contributed by atoms with E-state index in [1.54, 1.807) is 17.5 Å². The van der Waals surface area contributed by atoms with Gasteiger partial charge in [-0.05, 0) is 49.2 Å². The summed E-state index contributed by atoms with van der Waals surface area (Å²) in [6.07, 6.45) is 7.32. The largest absolute Gasteiger partial charge is 0.474 e. The molecule has 0 amide bonds. The first-order chi connectivity index (χ1) is 15.8. The molecule has 0 spiro atoms. The monoisotopic (exact) mass is 473 g/mol. The number of aromatic nitrogens is 3. The van der Waals surface area contributed by atoms with Crippen LogP contribution < -0.4 is 10.1 Å². The number of thiophene rings is 1. The molecule has 5 heterocycles. The Morgan fingerprint density at radius 2 is 1.94 bits per heavy atom. The van der Waals surface area contributed by atoms with Gasteiger partial charge < -0.3 is 19.5 Å². The molecule has 0 aromatic carbocycles. The molecule has 0 atom stereocenters. The highest BCUT2D eigenvalue weighted by atomic mass is 32.1. The fourth-order valence-electron chi connectivity index (χ4n) is 4.96. The summed E-state index contributed by atoms with van der Waals surface area (Å²) in [6, 6.07) is 0.651. The van der Waals surface area contributed by atoms with Crippen molar-refractivity contribution in [1.82, 2.24) is 19.2 Å². The number of hydrogen-bond donors (Lipinski definition) is 1. The van der Waals surface area contributed by atoms with Crippen molar-refractivity contribution in [2.45, 2.75) is 50.9 Å². The maximum atomic E-state index is 6.61. The molecule has 3 aromatic heterocycles. The Morgan fingerprint density at radius 1 is 1.06 bits per heavy atom. The van der Waals surface area contributed by atoms with Crippen molar-refractivity contribution in [3.8, 4) is 5.88 Å². The van der Waals surface area contributed by atoms with Crippen LogP contribution in [0, 0.1) is 0 Å². The molecule has 8 nitrogen and oxygen atoms in total. The minimum absolute atomic E-state index is 0.191. The Bertz CT molecular complexity index is 1060. The maximum absolute atomic E-state index is 6.61. The van der Waals surface area contributed by atoms with Crippen LogP contribution in [-0.4, -0.2) is 64.3 Å². The Labute approximate surface area is 195 Å². The number of nitrogens with one attached hydrogen (secondary N) is 1. The van der Waals surface area contributed by atoms with Crippen molar-refractivity contribution < 1.29 is 14.2 Å². The van der Waals surface area contributed by atoms with Crippen molar-refractivity contribution in [2.24, 2.45) is 0 Å². The minimum atomic E-state index is 0.191. The molecule has 6 rings (SSSR count). The van der Waals surface area contributed by atoms with Gasteiger partial charge in [-0.1, -0.05) is 0 Å². The molecule has 170 valence electrons. The van der Waals surface area contributed by atoms with Crippen molar-refractivity contribution in [3.63, 3.8) is 0 Å². The van der Waals surface area contributed by atoms with Crippen molar-refractivity contribution in [2.75, 3.05) is 38.2 Å². The number of morpholine rings is 1. The molecular weight excluding hydrogens is 446 g/mol. The second-order valence-corrected chi connectivity index (χ2v) is 10.3. The van der Waals surface area contributed by atoms with Gasteiger partial charge in [0.1, 0.15) is 10.9 Å². The summed E-state index contributed by atoms with van der Waals surface area (Å²) < 4.78 is 22.0. The van der Waals surface area contributed by atoms with Gasteiger partial charge in [0.15, 0.2) is 0 Å². The van der Waals surface area contributed by atoms with Crippen LogP contribution in [0.5, 0.6) is 5.88 Å². The molecule has 10 heteroatoms. The van der Waals surface area contributed by atoms with E-state index >= 15 is 0 Å². The van der Waals surface area contributed by atoms with Gasteiger partial charge in [-0.2, -0.15) is 9.36 Å². The summed E-state index contributed by atoms with van der Waals surface area (Å²) >= 11 is 3.10. The quantitative estimate of drug-likeness (QED) is 0.596. The molecule has 0 radical (unpaired) electrons. The number of hydrogen-bond acceptors (Lipinski definition) is 10. The Kier molecular flexibility index (Phi) is 5.95. The molecule has 2 aliphatic heterocycles. The van der Waals surface area contributed by atoms with Gasteiger partial charge in [0.05, 0.1) is 43.7 Å². The van der Waals surface area contributed by atoms with Gasteiger partial charge in [0, 0.05) is 29.4 Å². The lowest BCUT2D eigenvalue weighted by Crippen LogP contribution is -2.46. The minimum Gasteiger partial charge on any atom is -0.474 e. The van der Waals surface area contributed by atoms with Crippen molar-refractivity contribution in [3.05, 3.63) is 22.0 Å². The summed E-state index contributed by atoms with van der Waals surface area (Å²) in [5, 5.41) is 6.32. The molecule has 3 aromatic rings. The van der Waals surface area contributed by atoms with E-state index in [-0.39, 0.29) is 6.10 Å². The second-order valence-electron chi connectivity index (χ2n) is 8.57. The van der Waals surface area contributed by atoms with Crippen molar-refractivity contribution >= 4 is 44.7 Å². The van der Waals surface area contributed by atoms with Gasteiger partial charge in [-0.3, -0.25) is 4.90 Å². The maximum Gasteiger partial charge on any atom is 0.231 e. The number of anilines is 2. The molecule has 2 fully saturated rings. The van der Waals surface area contributed by atoms with Gasteiger partial charge in [-0.15, -0.1) is 11.3 Å². The summed E-state index contributed by atoms with van der Waals surface area (Å²) in [5.74, 6) is 1.28. The summed E-state index contributed by atoms with van der Waals surface area (Å²) in [4.78, 5) is 14.4. The van der Waals surface area contributed by atoms with E-state index in [1.165, 1.54) is 34.8 Å². The molecule has 1 N–H and O–H groups in total. The number of ether oxygens (including phenoxy) is 3. The average molecular weight is 474 g/mol. The molecule has 1 aliphatic carbocycles. The lowest BCUT2D eigenvalue weighted by Gasteiger charge is -2.38. The fourth-order valence-corrected chi connectivity index (χ4v) is 6.57. The zero-order chi connectivity index (χ0) is 21.3. The van der Waals surface area contributed by atoms with Gasteiger partial charge >= 0.3 is 0 Å². The first-order valence-corrected chi connectivity index (χ1v) is 13.0. The van der Waals surface area contributed by atoms with Crippen LogP contribution in [0.1, 0.15) is 36.1 Å². The molecule has 1 saturated heterocycles. The Hall–Kier alpha value is -1.85. The van der Waals surface area contributed by atoms with Crippen LogP contribution >= 0.6 is 22.9 Å². The standard InChI is InChI=1S/C22H27N5O3S2/c1-3-16(4-2-15(1)27-6-9-28-10-7-27)30-20-19-17-5-8-29-12-18(17)32-21(19)26-22(25-20)24-14-11-23-31-13-14/h11,13,15-16H,1-10,12H2,(H,24,25,26). The first kappa shape index (κ1) is 20.7. The highest BCUT2D eigenvalue weighted by Crippen LogP contribution is 2.40. The lowest BCUT2D eigenvalue weighted by molar-refractivity contribution is -0.00125. The fraction of sp³-hybridized carbons (Fsp3) is 0.591. The molecule has 3 aliphatic rings. The third-order valence-electron chi connectivity index (χ3n) is 6.60. The van der Waals surface area contributed by atoms with Gasteiger partial charge in [0.2, 0.25) is 11.8 Å². The van der Waals surface area contributed by atoms with E-state index in [0.29, 0.717) is 18.6 Å². The molecule has 1 saturated carbocycles. The summed E-state index contributed by atoms with van der Waals surface area (Å²) in [7, 11) is 0. The zero-order valence-corrected chi connectivity index (χ0v) is 19.6. The number of rotatable bonds is 5. The molecular formula is C22H27N5O3S2. The third kappa shape index (κ3) is 4.22. The Morgan fingerprint density at radius 3 is 2.75 bits per heavy atom. The zero-order valence-electron chi connectivity index (χ0n) is 17.9. The van der Waals surface area contributed by atoms with Crippen LogP contribution in [0.15, 0.2) is 11.6 Å². The van der Waals surface area contributed by atoms with E-state index in [9.17, 15) is 0 Å². The third-order valence-corrected chi connectivity index (χ3v) is 8.29. The number of nitrogens with zero attached hydrogens (tertiary/aromatic N) is 4. The highest BCUT2D eigenvalue weighted by Gasteiger charge is 2.30. The lowest BCUT2D eigenvalue weighted by atomic mass is 9.91. The van der Waals surface area contributed by atoms with Crippen LogP contribution in [0.25, 0.3) is 10.2 Å². The highest BCUT2D eigenvalue weighted by molar-refractivity contribution is 7.18. The van der Waals surface area contributed by atoms with E-state index in [2.05, 4.69) is 14.6 Å². The van der Waals surface area contributed by atoms with E-state index in [1.807, 2.05) is 5.38 Å². The van der Waals surface area contributed by atoms with E-state index in [0.717, 1.165) is 74.0 Å². The molecule has 0 bridgehead atoms. The smallest absolute Gasteiger partial charge is 0.231 e. The van der Waals surface area contributed by atoms with Crippen LogP contribution in [0.4, 0.5) is 11.6 Å². The number of fused-ring (bicyclic) bond motifs is 3. The first-order valence-electron chi connectivity index (χ1n) is 11.4. The van der Waals surface area contributed by atoms with Gasteiger partial charge in [0.25, 0.3) is 0 Å². The predicted octanol–water partition coefficient (Wildman–Crippen LogP) is 3.99. The molecule has 0 unspecified atom stereocenters. The molecule has 32 heavy (non-hydrogen) atoms. The second kappa shape index (κ2) is 9.18. The van der Waals surface area contributed by atoms with E-state index in [4.69, 9.17) is 24.2 Å². The SMILES string of the molecule is c1nscc1Nc1nc(OC2CCC(N3CCOCC3)CC2)c2c3c(sc2n1)COCC3. The van der Waals surface area contributed by atoms with Crippen LogP contribution in [0.2, 0.25) is 0 Å². The van der Waals surface area contributed by atoms with Crippen molar-refractivity contribution in [1.29, 1.82) is 0 Å². The topological polar surface area (TPSA) is 81.6 Å². The van der Waals surface area contributed by atoms with E-state index < -0.39 is 0 Å². The van der Waals surface area contributed by atoms with Gasteiger partial charge in [-0.25, -0.2) is 4.98 Å². The van der Waals surface area contributed by atoms with Crippen LogP contribution in [0.3, 0.4) is 0 Å². The summed E-state index contributed by atoms with van der Waals surface area (Å²) in [6.45, 7) is 5.22. The Balaban J connectivity index is 1.24. The normalized spacial score (nSPS) is 24.4.